The van der Waals surface area contributed by atoms with E-state index in [1.54, 1.807) is 10.7 Å². The molecule has 1 aliphatic rings. The van der Waals surface area contributed by atoms with E-state index < -0.39 is 0 Å². The van der Waals surface area contributed by atoms with Crippen molar-refractivity contribution in [3.05, 3.63) is 82.0 Å². The maximum absolute atomic E-state index is 13.0. The highest BCUT2D eigenvalue weighted by Gasteiger charge is 2.25. The fraction of sp³-hybridized carbons (Fsp3) is 0.222. The SMILES string of the molecule is O=C(c1cc2ccccc2[nH]1)N1CCC(CNc2cc(-c3ccccc3Cl)nc3c(Br)cnn23)CC1. The number of nitrogens with zero attached hydrogens (tertiary/aromatic N) is 4. The molecule has 0 radical (unpaired) electrons. The lowest BCUT2D eigenvalue weighted by atomic mass is 9.96. The summed E-state index contributed by atoms with van der Waals surface area (Å²) in [5.41, 5.74) is 4.04. The summed E-state index contributed by atoms with van der Waals surface area (Å²) in [5.74, 6) is 1.37. The summed E-state index contributed by atoms with van der Waals surface area (Å²) in [6.45, 7) is 2.27. The van der Waals surface area contributed by atoms with E-state index in [1.165, 1.54) is 0 Å². The normalized spacial score (nSPS) is 14.6. The topological polar surface area (TPSA) is 78.3 Å². The van der Waals surface area contributed by atoms with Gasteiger partial charge in [0.2, 0.25) is 0 Å². The summed E-state index contributed by atoms with van der Waals surface area (Å²) >= 11 is 10.0. The Balaban J connectivity index is 1.14. The number of halogens is 2. The molecule has 6 rings (SSSR count). The van der Waals surface area contributed by atoms with E-state index in [9.17, 15) is 4.79 Å². The van der Waals surface area contributed by atoms with Crippen molar-refractivity contribution < 1.29 is 4.79 Å². The van der Waals surface area contributed by atoms with E-state index in [-0.39, 0.29) is 5.91 Å². The van der Waals surface area contributed by atoms with E-state index in [0.717, 1.165) is 70.6 Å². The Hall–Kier alpha value is -3.36. The molecule has 182 valence electrons. The third-order valence-corrected chi connectivity index (χ3v) is 7.70. The second-order valence-electron chi connectivity index (χ2n) is 9.12. The Kier molecular flexibility index (Phi) is 6.15. The number of benzene rings is 2. The maximum Gasteiger partial charge on any atom is 0.270 e. The summed E-state index contributed by atoms with van der Waals surface area (Å²) < 4.78 is 2.63. The van der Waals surface area contributed by atoms with Crippen molar-refractivity contribution in [2.75, 3.05) is 25.0 Å². The largest absolute Gasteiger partial charge is 0.370 e. The molecule has 0 unspecified atom stereocenters. The number of fused-ring (bicyclic) bond motifs is 2. The van der Waals surface area contributed by atoms with Crippen LogP contribution in [0.1, 0.15) is 23.3 Å². The lowest BCUT2D eigenvalue weighted by Gasteiger charge is -2.32. The molecule has 1 saturated heterocycles. The molecule has 0 aliphatic carbocycles. The molecule has 1 aliphatic heterocycles. The van der Waals surface area contributed by atoms with Crippen molar-refractivity contribution >= 4 is 55.8 Å². The predicted molar refractivity (Wildman–Crippen MR) is 147 cm³/mol. The van der Waals surface area contributed by atoms with Crippen LogP contribution < -0.4 is 5.32 Å². The molecular weight excluding hydrogens is 540 g/mol. The molecule has 0 spiro atoms. The first-order valence-corrected chi connectivity index (χ1v) is 13.1. The van der Waals surface area contributed by atoms with E-state index >= 15 is 0 Å². The molecular formula is C27H24BrClN6O. The van der Waals surface area contributed by atoms with Gasteiger partial charge in [0.05, 0.1) is 16.4 Å². The maximum atomic E-state index is 13.0. The van der Waals surface area contributed by atoms with Crippen molar-refractivity contribution in [1.29, 1.82) is 0 Å². The number of rotatable bonds is 5. The number of anilines is 1. The number of H-pyrrole nitrogens is 1. The Morgan fingerprint density at radius 1 is 1.11 bits per heavy atom. The summed E-state index contributed by atoms with van der Waals surface area (Å²) in [7, 11) is 0. The summed E-state index contributed by atoms with van der Waals surface area (Å²) in [4.78, 5) is 23.0. The minimum absolute atomic E-state index is 0.0687. The second-order valence-corrected chi connectivity index (χ2v) is 10.4. The average Bonchev–Trinajstić information content (AvgIpc) is 3.51. The third-order valence-electron chi connectivity index (χ3n) is 6.81. The van der Waals surface area contributed by atoms with Crippen LogP contribution >= 0.6 is 27.5 Å². The zero-order valence-corrected chi connectivity index (χ0v) is 21.8. The number of aromatic nitrogens is 4. The fourth-order valence-electron chi connectivity index (χ4n) is 4.82. The van der Waals surface area contributed by atoms with Gasteiger partial charge in [0, 0.05) is 47.2 Å². The van der Waals surface area contributed by atoms with Crippen LogP contribution in [0.4, 0.5) is 5.82 Å². The number of nitrogens with one attached hydrogen (secondary N) is 2. The minimum atomic E-state index is 0.0687. The van der Waals surface area contributed by atoms with Gasteiger partial charge in [0.15, 0.2) is 5.65 Å². The van der Waals surface area contributed by atoms with Gasteiger partial charge in [-0.2, -0.15) is 9.61 Å². The third kappa shape index (κ3) is 4.35. The van der Waals surface area contributed by atoms with Crippen LogP contribution in [0, 0.1) is 5.92 Å². The molecule has 5 aromatic rings. The van der Waals surface area contributed by atoms with Crippen molar-refractivity contribution in [2.45, 2.75) is 12.8 Å². The number of aromatic amines is 1. The Morgan fingerprint density at radius 3 is 2.69 bits per heavy atom. The number of piperidine rings is 1. The number of carbonyl (C=O) groups excluding carboxylic acids is 1. The molecule has 1 amide bonds. The highest BCUT2D eigenvalue weighted by molar-refractivity contribution is 9.10. The summed E-state index contributed by atoms with van der Waals surface area (Å²) in [6.07, 6.45) is 3.62. The smallest absolute Gasteiger partial charge is 0.270 e. The van der Waals surface area contributed by atoms with Gasteiger partial charge in [-0.15, -0.1) is 0 Å². The van der Waals surface area contributed by atoms with Crippen molar-refractivity contribution in [2.24, 2.45) is 5.92 Å². The van der Waals surface area contributed by atoms with Crippen molar-refractivity contribution in [1.82, 2.24) is 24.5 Å². The van der Waals surface area contributed by atoms with Crippen molar-refractivity contribution in [3.63, 3.8) is 0 Å². The van der Waals surface area contributed by atoms with Gasteiger partial charge >= 0.3 is 0 Å². The highest BCUT2D eigenvalue weighted by atomic mass is 79.9. The van der Waals surface area contributed by atoms with Gasteiger partial charge < -0.3 is 15.2 Å². The molecule has 9 heteroatoms. The lowest BCUT2D eigenvalue weighted by molar-refractivity contribution is 0.0690. The van der Waals surface area contributed by atoms with Crippen LogP contribution in [0.25, 0.3) is 27.8 Å². The molecule has 1 fully saturated rings. The first-order chi connectivity index (χ1) is 17.6. The van der Waals surface area contributed by atoms with Crippen LogP contribution in [0.5, 0.6) is 0 Å². The number of hydrogen-bond acceptors (Lipinski definition) is 4. The zero-order chi connectivity index (χ0) is 24.6. The van der Waals surface area contributed by atoms with Crippen LogP contribution in [0.3, 0.4) is 0 Å². The van der Waals surface area contributed by atoms with Crippen LogP contribution in [0.2, 0.25) is 5.02 Å². The van der Waals surface area contributed by atoms with Gasteiger partial charge in [0.1, 0.15) is 11.5 Å². The standard InChI is InChI=1S/C27H24BrClN6O/c28-20-16-31-35-25(14-23(33-26(20)35)19-6-2-3-7-21(19)29)30-15-17-9-11-34(12-10-17)27(36)24-13-18-5-1-4-8-22(18)32-24/h1-8,13-14,16-17,30,32H,9-12,15H2. The molecule has 0 saturated carbocycles. The monoisotopic (exact) mass is 562 g/mol. The highest BCUT2D eigenvalue weighted by Crippen LogP contribution is 2.31. The Morgan fingerprint density at radius 2 is 1.89 bits per heavy atom. The molecule has 0 bridgehead atoms. The van der Waals surface area contributed by atoms with Crippen LogP contribution in [0.15, 0.2) is 71.3 Å². The summed E-state index contributed by atoms with van der Waals surface area (Å²) in [5, 5.41) is 9.78. The lowest BCUT2D eigenvalue weighted by Crippen LogP contribution is -2.40. The molecule has 36 heavy (non-hydrogen) atoms. The predicted octanol–water partition coefficient (Wildman–Crippen LogP) is 6.26. The molecule has 4 heterocycles. The van der Waals surface area contributed by atoms with Crippen molar-refractivity contribution in [3.8, 4) is 11.3 Å². The number of amides is 1. The average molecular weight is 564 g/mol. The van der Waals surface area contributed by atoms with Crippen LogP contribution in [-0.2, 0) is 0 Å². The van der Waals surface area contributed by atoms with Gasteiger partial charge in [-0.05, 0) is 52.9 Å². The number of hydrogen-bond donors (Lipinski definition) is 2. The van der Waals surface area contributed by atoms with Gasteiger partial charge in [0.25, 0.3) is 5.91 Å². The molecule has 0 atom stereocenters. The summed E-state index contributed by atoms with van der Waals surface area (Å²) in [6, 6.07) is 19.6. The zero-order valence-electron chi connectivity index (χ0n) is 19.4. The molecule has 2 aromatic carbocycles. The molecule has 3 aromatic heterocycles. The minimum Gasteiger partial charge on any atom is -0.370 e. The Bertz CT molecular complexity index is 1540. The molecule has 7 nitrogen and oxygen atoms in total. The number of likely N-dealkylation sites (tertiary alicyclic amines) is 1. The number of carbonyl (C=O) groups is 1. The number of para-hydroxylation sites is 1. The van der Waals surface area contributed by atoms with E-state index in [1.807, 2.05) is 65.6 Å². The molecule has 2 N–H and O–H groups in total. The van der Waals surface area contributed by atoms with E-state index in [0.29, 0.717) is 16.6 Å². The Labute approximate surface area is 221 Å². The quantitative estimate of drug-likeness (QED) is 0.265. The van der Waals surface area contributed by atoms with Crippen LogP contribution in [-0.4, -0.2) is 50.0 Å². The van der Waals surface area contributed by atoms with Gasteiger partial charge in [-0.1, -0.05) is 48.0 Å². The first kappa shape index (κ1) is 23.1. The first-order valence-electron chi connectivity index (χ1n) is 12.0. The van der Waals surface area contributed by atoms with Gasteiger partial charge in [-0.25, -0.2) is 4.98 Å². The fourth-order valence-corrected chi connectivity index (χ4v) is 5.40. The second kappa shape index (κ2) is 9.59. The van der Waals surface area contributed by atoms with Gasteiger partial charge in [-0.3, -0.25) is 4.79 Å². The van der Waals surface area contributed by atoms with E-state index in [2.05, 4.69) is 31.3 Å². The van der Waals surface area contributed by atoms with E-state index in [4.69, 9.17) is 16.6 Å².